The standard InChI is InChI=1S/C13H16N2O2/c1-8-5-4-6-10-11(7-9(2)13(16)17)15(3)14-12(8)10/h4-6,9H,7H2,1-3H3,(H,16,17). The highest BCUT2D eigenvalue weighted by molar-refractivity contribution is 5.85. The summed E-state index contributed by atoms with van der Waals surface area (Å²) in [6, 6.07) is 5.99. The molecule has 2 rings (SSSR count). The maximum atomic E-state index is 10.9. The molecule has 1 unspecified atom stereocenters. The van der Waals surface area contributed by atoms with Gasteiger partial charge in [-0.15, -0.1) is 0 Å². The lowest BCUT2D eigenvalue weighted by atomic mass is 10.0. The van der Waals surface area contributed by atoms with Gasteiger partial charge in [-0.2, -0.15) is 5.10 Å². The van der Waals surface area contributed by atoms with Crippen LogP contribution in [0.5, 0.6) is 0 Å². The van der Waals surface area contributed by atoms with E-state index in [2.05, 4.69) is 5.10 Å². The van der Waals surface area contributed by atoms with E-state index in [1.54, 1.807) is 11.6 Å². The lowest BCUT2D eigenvalue weighted by Crippen LogP contribution is -2.14. The molecule has 0 aliphatic carbocycles. The van der Waals surface area contributed by atoms with Gasteiger partial charge in [-0.1, -0.05) is 25.1 Å². The minimum atomic E-state index is -0.771. The van der Waals surface area contributed by atoms with Gasteiger partial charge >= 0.3 is 5.97 Å². The van der Waals surface area contributed by atoms with E-state index in [9.17, 15) is 4.79 Å². The fourth-order valence-corrected chi connectivity index (χ4v) is 2.03. The van der Waals surface area contributed by atoms with Crippen LogP contribution in [-0.2, 0) is 18.3 Å². The Bertz CT molecular complexity index is 572. The SMILES string of the molecule is Cc1cccc2c(CC(C)C(=O)O)n(C)nc12. The average molecular weight is 232 g/mol. The fraction of sp³-hybridized carbons (Fsp3) is 0.385. The number of aliphatic carboxylic acids is 1. The maximum absolute atomic E-state index is 10.9. The number of hydrogen-bond acceptors (Lipinski definition) is 2. The number of carboxylic acids is 1. The molecule has 0 aliphatic heterocycles. The zero-order valence-corrected chi connectivity index (χ0v) is 10.3. The fourth-order valence-electron chi connectivity index (χ4n) is 2.03. The molecule has 1 N–H and O–H groups in total. The first kappa shape index (κ1) is 11.6. The largest absolute Gasteiger partial charge is 0.481 e. The summed E-state index contributed by atoms with van der Waals surface area (Å²) in [4.78, 5) is 10.9. The van der Waals surface area contributed by atoms with Gasteiger partial charge in [0.1, 0.15) is 0 Å². The Morgan fingerprint density at radius 1 is 1.53 bits per heavy atom. The van der Waals surface area contributed by atoms with Gasteiger partial charge in [0, 0.05) is 24.5 Å². The summed E-state index contributed by atoms with van der Waals surface area (Å²) in [6.07, 6.45) is 0.506. The molecule has 0 radical (unpaired) electrons. The van der Waals surface area contributed by atoms with Crippen LogP contribution in [0.1, 0.15) is 18.2 Å². The summed E-state index contributed by atoms with van der Waals surface area (Å²) in [5, 5.41) is 14.5. The molecular formula is C13H16N2O2. The first-order valence-electron chi connectivity index (χ1n) is 5.64. The number of benzene rings is 1. The van der Waals surface area contributed by atoms with Gasteiger partial charge in [0.05, 0.1) is 11.4 Å². The van der Waals surface area contributed by atoms with Crippen LogP contribution in [0.15, 0.2) is 18.2 Å². The van der Waals surface area contributed by atoms with Gasteiger partial charge in [0.2, 0.25) is 0 Å². The third kappa shape index (κ3) is 2.02. The molecule has 0 aliphatic rings. The topological polar surface area (TPSA) is 55.1 Å². The number of carboxylic acid groups (broad SMARTS) is 1. The van der Waals surface area contributed by atoms with Crippen LogP contribution in [-0.4, -0.2) is 20.9 Å². The molecule has 0 bridgehead atoms. The van der Waals surface area contributed by atoms with Crippen molar-refractivity contribution < 1.29 is 9.90 Å². The quantitative estimate of drug-likeness (QED) is 0.882. The summed E-state index contributed by atoms with van der Waals surface area (Å²) in [5.74, 6) is -1.17. The molecule has 90 valence electrons. The molecule has 1 aromatic heterocycles. The Balaban J connectivity index is 2.50. The second kappa shape index (κ2) is 4.20. The summed E-state index contributed by atoms with van der Waals surface area (Å²) in [7, 11) is 1.86. The molecular weight excluding hydrogens is 216 g/mol. The number of hydrogen-bond donors (Lipinski definition) is 1. The zero-order chi connectivity index (χ0) is 12.6. The van der Waals surface area contributed by atoms with Crippen LogP contribution >= 0.6 is 0 Å². The van der Waals surface area contributed by atoms with Gasteiger partial charge in [-0.3, -0.25) is 9.48 Å². The molecule has 0 fully saturated rings. The van der Waals surface area contributed by atoms with Crippen LogP contribution in [0.25, 0.3) is 10.9 Å². The number of carbonyl (C=O) groups is 1. The second-order valence-corrected chi connectivity index (χ2v) is 4.48. The van der Waals surface area contributed by atoms with Gasteiger partial charge in [0.15, 0.2) is 0 Å². The Morgan fingerprint density at radius 3 is 2.88 bits per heavy atom. The van der Waals surface area contributed by atoms with Crippen molar-refractivity contribution in [2.24, 2.45) is 13.0 Å². The predicted molar refractivity (Wildman–Crippen MR) is 66.0 cm³/mol. The molecule has 0 spiro atoms. The van der Waals surface area contributed by atoms with E-state index in [-0.39, 0.29) is 0 Å². The van der Waals surface area contributed by atoms with Crippen LogP contribution in [0.2, 0.25) is 0 Å². The summed E-state index contributed by atoms with van der Waals surface area (Å²) < 4.78 is 1.79. The highest BCUT2D eigenvalue weighted by atomic mass is 16.4. The van der Waals surface area contributed by atoms with Gasteiger partial charge in [-0.25, -0.2) is 0 Å². The summed E-state index contributed by atoms with van der Waals surface area (Å²) in [6.45, 7) is 3.73. The summed E-state index contributed by atoms with van der Waals surface area (Å²) in [5.41, 5.74) is 3.06. The Labute approximate surface area is 99.9 Å². The molecule has 1 atom stereocenters. The van der Waals surface area contributed by atoms with Gasteiger partial charge < -0.3 is 5.11 Å². The van der Waals surface area contributed by atoms with Crippen molar-refractivity contribution in [1.29, 1.82) is 0 Å². The highest BCUT2D eigenvalue weighted by Gasteiger charge is 2.17. The van der Waals surface area contributed by atoms with Gasteiger partial charge in [-0.05, 0) is 12.5 Å². The van der Waals surface area contributed by atoms with E-state index in [4.69, 9.17) is 5.11 Å². The van der Waals surface area contributed by atoms with E-state index in [1.807, 2.05) is 32.2 Å². The smallest absolute Gasteiger partial charge is 0.306 e. The first-order chi connectivity index (χ1) is 8.00. The van der Waals surface area contributed by atoms with Crippen molar-refractivity contribution in [3.8, 4) is 0 Å². The average Bonchev–Trinajstić information content (AvgIpc) is 2.58. The lowest BCUT2D eigenvalue weighted by Gasteiger charge is -2.06. The number of nitrogens with zero attached hydrogens (tertiary/aromatic N) is 2. The molecule has 1 aromatic carbocycles. The first-order valence-corrected chi connectivity index (χ1v) is 5.64. The Morgan fingerprint density at radius 2 is 2.24 bits per heavy atom. The third-order valence-electron chi connectivity index (χ3n) is 3.11. The molecule has 2 aromatic rings. The Hall–Kier alpha value is -1.84. The maximum Gasteiger partial charge on any atom is 0.306 e. The second-order valence-electron chi connectivity index (χ2n) is 4.48. The minimum absolute atomic E-state index is 0.394. The number of fused-ring (bicyclic) bond motifs is 1. The van der Waals surface area contributed by atoms with Crippen LogP contribution < -0.4 is 0 Å². The summed E-state index contributed by atoms with van der Waals surface area (Å²) >= 11 is 0. The van der Waals surface area contributed by atoms with Crippen molar-refractivity contribution in [3.05, 3.63) is 29.5 Å². The number of aromatic nitrogens is 2. The Kier molecular flexibility index (Phi) is 2.88. The minimum Gasteiger partial charge on any atom is -0.481 e. The molecule has 17 heavy (non-hydrogen) atoms. The monoisotopic (exact) mass is 232 g/mol. The third-order valence-corrected chi connectivity index (χ3v) is 3.11. The van der Waals surface area contributed by atoms with E-state index in [0.29, 0.717) is 6.42 Å². The van der Waals surface area contributed by atoms with Crippen molar-refractivity contribution in [3.63, 3.8) is 0 Å². The van der Waals surface area contributed by atoms with Crippen LogP contribution in [0.4, 0.5) is 0 Å². The molecule has 0 saturated carbocycles. The molecule has 1 heterocycles. The molecule has 0 saturated heterocycles. The van der Waals surface area contributed by atoms with Crippen molar-refractivity contribution in [2.75, 3.05) is 0 Å². The van der Waals surface area contributed by atoms with E-state index in [0.717, 1.165) is 22.2 Å². The van der Waals surface area contributed by atoms with Crippen molar-refractivity contribution in [2.45, 2.75) is 20.3 Å². The zero-order valence-electron chi connectivity index (χ0n) is 10.3. The van der Waals surface area contributed by atoms with E-state index < -0.39 is 11.9 Å². The van der Waals surface area contributed by atoms with E-state index in [1.165, 1.54) is 0 Å². The molecule has 4 heteroatoms. The highest BCUT2D eigenvalue weighted by Crippen LogP contribution is 2.23. The molecule has 4 nitrogen and oxygen atoms in total. The van der Waals surface area contributed by atoms with E-state index >= 15 is 0 Å². The van der Waals surface area contributed by atoms with Crippen molar-refractivity contribution >= 4 is 16.9 Å². The number of aryl methyl sites for hydroxylation is 2. The predicted octanol–water partition coefficient (Wildman–Crippen LogP) is 2.14. The van der Waals surface area contributed by atoms with Gasteiger partial charge in [0.25, 0.3) is 0 Å². The van der Waals surface area contributed by atoms with Crippen molar-refractivity contribution in [1.82, 2.24) is 9.78 Å². The normalized spacial score (nSPS) is 12.9. The molecule has 0 amide bonds. The number of rotatable bonds is 3. The van der Waals surface area contributed by atoms with Crippen LogP contribution in [0, 0.1) is 12.8 Å². The lowest BCUT2D eigenvalue weighted by molar-refractivity contribution is -0.141. The van der Waals surface area contributed by atoms with Crippen LogP contribution in [0.3, 0.4) is 0 Å².